The van der Waals surface area contributed by atoms with Gasteiger partial charge in [-0.2, -0.15) is 0 Å². The molecule has 2 aromatic rings. The minimum absolute atomic E-state index is 0.0387. The monoisotopic (exact) mass is 361 g/mol. The highest BCUT2D eigenvalue weighted by Gasteiger charge is 2.36. The minimum atomic E-state index is -0.414. The summed E-state index contributed by atoms with van der Waals surface area (Å²) in [5.41, 5.74) is 1.05. The second-order valence-electron chi connectivity index (χ2n) is 4.92. The lowest BCUT2D eigenvalue weighted by Gasteiger charge is -2.12. The first kappa shape index (κ1) is 16.4. The van der Waals surface area contributed by atoms with E-state index >= 15 is 0 Å². The van der Waals surface area contributed by atoms with Crippen molar-refractivity contribution in [3.05, 3.63) is 58.0 Å². The zero-order chi connectivity index (χ0) is 17.3. The molecule has 1 fully saturated rings. The number of methoxy groups -OCH3 is 1. The number of halogens is 1. The predicted octanol–water partition coefficient (Wildman–Crippen LogP) is 4.30. The second-order valence-corrected chi connectivity index (χ2v) is 6.35. The first-order chi connectivity index (χ1) is 11.5. The Bertz CT molecular complexity index is 848. The van der Waals surface area contributed by atoms with Gasteiger partial charge in [0.25, 0.3) is 11.1 Å². The fourth-order valence-electron chi connectivity index (χ4n) is 2.23. The van der Waals surface area contributed by atoms with Gasteiger partial charge in [0, 0.05) is 5.02 Å². The number of imide groups is 1. The molecule has 0 radical (unpaired) electrons. The lowest BCUT2D eigenvalue weighted by molar-refractivity contribution is -0.113. The van der Waals surface area contributed by atoms with Crippen LogP contribution in [0.2, 0.25) is 5.02 Å². The standard InChI is InChI=1S/C17H12ClNO4S/c1-23-14-7-2-10(8-13(14)20)9-15-16(21)19(17(22)24-15)12-5-3-11(18)4-6-12/h2-9,20H,1H3/b15-9-. The van der Waals surface area contributed by atoms with Crippen LogP contribution in [0.3, 0.4) is 0 Å². The van der Waals surface area contributed by atoms with E-state index in [-0.39, 0.29) is 15.9 Å². The van der Waals surface area contributed by atoms with E-state index in [4.69, 9.17) is 16.3 Å². The van der Waals surface area contributed by atoms with E-state index in [1.165, 1.54) is 13.2 Å². The number of ether oxygens (including phenoxy) is 1. The molecular weight excluding hydrogens is 350 g/mol. The van der Waals surface area contributed by atoms with Crippen LogP contribution < -0.4 is 9.64 Å². The van der Waals surface area contributed by atoms with E-state index in [0.717, 1.165) is 16.7 Å². The smallest absolute Gasteiger partial charge is 0.298 e. The van der Waals surface area contributed by atoms with Gasteiger partial charge in [-0.1, -0.05) is 17.7 Å². The van der Waals surface area contributed by atoms with E-state index in [0.29, 0.717) is 22.0 Å². The van der Waals surface area contributed by atoms with Crippen molar-refractivity contribution in [3.63, 3.8) is 0 Å². The van der Waals surface area contributed by atoms with Crippen molar-refractivity contribution in [1.29, 1.82) is 0 Å². The number of anilines is 1. The summed E-state index contributed by atoms with van der Waals surface area (Å²) in [5, 5.41) is 9.94. The van der Waals surface area contributed by atoms with Gasteiger partial charge in [-0.15, -0.1) is 0 Å². The minimum Gasteiger partial charge on any atom is -0.504 e. The van der Waals surface area contributed by atoms with Crippen LogP contribution >= 0.6 is 23.4 Å². The highest BCUT2D eigenvalue weighted by Crippen LogP contribution is 2.37. The maximum atomic E-state index is 12.5. The van der Waals surface area contributed by atoms with Gasteiger partial charge >= 0.3 is 0 Å². The molecule has 0 atom stereocenters. The second kappa shape index (κ2) is 6.59. The predicted molar refractivity (Wildman–Crippen MR) is 94.6 cm³/mol. The van der Waals surface area contributed by atoms with Crippen LogP contribution in [-0.2, 0) is 4.79 Å². The van der Waals surface area contributed by atoms with Gasteiger partial charge in [0.1, 0.15) is 0 Å². The molecule has 2 amide bonds. The molecule has 0 spiro atoms. The van der Waals surface area contributed by atoms with Gasteiger partial charge in [-0.05, 0) is 59.8 Å². The van der Waals surface area contributed by atoms with Crippen LogP contribution in [0.1, 0.15) is 5.56 Å². The number of aromatic hydroxyl groups is 1. The fraction of sp³-hybridized carbons (Fsp3) is 0.0588. The molecule has 0 unspecified atom stereocenters. The Kier molecular flexibility index (Phi) is 4.51. The summed E-state index contributed by atoms with van der Waals surface area (Å²) in [5.74, 6) is -0.118. The average Bonchev–Trinajstić information content (AvgIpc) is 2.83. The van der Waals surface area contributed by atoms with Crippen LogP contribution in [0.5, 0.6) is 11.5 Å². The number of amides is 2. The van der Waals surface area contributed by atoms with Crippen molar-refractivity contribution >= 4 is 46.3 Å². The summed E-state index contributed by atoms with van der Waals surface area (Å²) in [6.07, 6.45) is 1.56. The van der Waals surface area contributed by atoms with Gasteiger partial charge < -0.3 is 9.84 Å². The topological polar surface area (TPSA) is 66.8 Å². The third-order valence-corrected chi connectivity index (χ3v) is 4.50. The Labute approximate surface area is 147 Å². The summed E-state index contributed by atoms with van der Waals surface area (Å²) in [4.78, 5) is 26.0. The number of carbonyl (C=O) groups is 2. The van der Waals surface area contributed by atoms with Crippen molar-refractivity contribution in [2.24, 2.45) is 0 Å². The van der Waals surface area contributed by atoms with Gasteiger partial charge in [0.05, 0.1) is 17.7 Å². The quantitative estimate of drug-likeness (QED) is 0.826. The van der Waals surface area contributed by atoms with Crippen molar-refractivity contribution < 1.29 is 19.4 Å². The molecule has 1 aliphatic heterocycles. The summed E-state index contributed by atoms with van der Waals surface area (Å²) in [7, 11) is 1.45. The van der Waals surface area contributed by atoms with Crippen LogP contribution in [0, 0.1) is 0 Å². The molecule has 2 aromatic carbocycles. The number of phenolic OH excluding ortho intramolecular Hbond substituents is 1. The SMILES string of the molecule is COc1ccc(/C=C2\SC(=O)N(c3ccc(Cl)cc3)C2=O)cc1O. The largest absolute Gasteiger partial charge is 0.504 e. The molecule has 1 saturated heterocycles. The number of hydrogen-bond acceptors (Lipinski definition) is 5. The van der Waals surface area contributed by atoms with Gasteiger partial charge in [-0.3, -0.25) is 9.59 Å². The summed E-state index contributed by atoms with van der Waals surface area (Å²) < 4.78 is 4.98. The first-order valence-electron chi connectivity index (χ1n) is 6.90. The Balaban J connectivity index is 1.90. The van der Waals surface area contributed by atoms with Crippen LogP contribution in [0.4, 0.5) is 10.5 Å². The molecule has 1 N–H and O–H groups in total. The van der Waals surface area contributed by atoms with E-state index in [1.807, 2.05) is 0 Å². The number of carbonyl (C=O) groups excluding carboxylic acids is 2. The number of hydrogen-bond donors (Lipinski definition) is 1. The lowest BCUT2D eigenvalue weighted by Crippen LogP contribution is -2.27. The fourth-order valence-corrected chi connectivity index (χ4v) is 3.20. The molecule has 1 heterocycles. The molecule has 1 aliphatic rings. The summed E-state index contributed by atoms with van der Waals surface area (Å²) in [6, 6.07) is 11.2. The van der Waals surface area contributed by atoms with Crippen LogP contribution in [0.15, 0.2) is 47.4 Å². The van der Waals surface area contributed by atoms with Crippen LogP contribution in [0.25, 0.3) is 6.08 Å². The van der Waals surface area contributed by atoms with E-state index < -0.39 is 5.91 Å². The average molecular weight is 362 g/mol. The lowest BCUT2D eigenvalue weighted by atomic mass is 10.2. The zero-order valence-corrected chi connectivity index (χ0v) is 14.1. The molecule has 122 valence electrons. The van der Waals surface area contributed by atoms with Gasteiger partial charge in [0.2, 0.25) is 0 Å². The highest BCUT2D eigenvalue weighted by molar-refractivity contribution is 8.19. The molecule has 0 aliphatic carbocycles. The zero-order valence-electron chi connectivity index (χ0n) is 12.5. The Morgan fingerprint density at radius 2 is 1.88 bits per heavy atom. The normalized spacial score (nSPS) is 16.1. The highest BCUT2D eigenvalue weighted by atomic mass is 35.5. The van der Waals surface area contributed by atoms with Crippen molar-refractivity contribution in [1.82, 2.24) is 0 Å². The molecule has 0 saturated carbocycles. The maximum absolute atomic E-state index is 12.5. The molecule has 5 nitrogen and oxygen atoms in total. The number of rotatable bonds is 3. The molecule has 24 heavy (non-hydrogen) atoms. The van der Waals surface area contributed by atoms with Gasteiger partial charge in [-0.25, -0.2) is 4.90 Å². The van der Waals surface area contributed by atoms with Crippen molar-refractivity contribution in [2.75, 3.05) is 12.0 Å². The number of benzene rings is 2. The van der Waals surface area contributed by atoms with Gasteiger partial charge in [0.15, 0.2) is 11.5 Å². The third-order valence-electron chi connectivity index (χ3n) is 3.38. The van der Waals surface area contributed by atoms with Crippen molar-refractivity contribution in [3.8, 4) is 11.5 Å². The Morgan fingerprint density at radius 3 is 2.50 bits per heavy atom. The maximum Gasteiger partial charge on any atom is 0.298 e. The number of thioether (sulfide) groups is 1. The number of phenols is 1. The van der Waals surface area contributed by atoms with E-state index in [2.05, 4.69) is 0 Å². The molecule has 0 bridgehead atoms. The molecule has 7 heteroatoms. The third kappa shape index (κ3) is 3.11. The van der Waals surface area contributed by atoms with E-state index in [9.17, 15) is 14.7 Å². The van der Waals surface area contributed by atoms with Crippen LogP contribution in [-0.4, -0.2) is 23.4 Å². The Morgan fingerprint density at radius 1 is 1.17 bits per heavy atom. The molecular formula is C17H12ClNO4S. The molecule has 3 rings (SSSR count). The summed E-state index contributed by atoms with van der Waals surface area (Å²) in [6.45, 7) is 0. The number of nitrogens with zero attached hydrogens (tertiary/aromatic N) is 1. The molecule has 0 aromatic heterocycles. The van der Waals surface area contributed by atoms with E-state index in [1.54, 1.807) is 42.5 Å². The first-order valence-corrected chi connectivity index (χ1v) is 8.09. The van der Waals surface area contributed by atoms with Crippen molar-refractivity contribution in [2.45, 2.75) is 0 Å². The summed E-state index contributed by atoms with van der Waals surface area (Å²) >= 11 is 6.67. The Hall–Kier alpha value is -2.44.